The zero-order chi connectivity index (χ0) is 24.0. The van der Waals surface area contributed by atoms with Crippen LogP contribution in [0.3, 0.4) is 0 Å². The van der Waals surface area contributed by atoms with Crippen LogP contribution in [0.4, 0.5) is 11.4 Å². The number of benzene rings is 2. The summed E-state index contributed by atoms with van der Waals surface area (Å²) in [7, 11) is 0. The summed E-state index contributed by atoms with van der Waals surface area (Å²) < 4.78 is 0. The highest BCUT2D eigenvalue weighted by Crippen LogP contribution is 2.30. The lowest BCUT2D eigenvalue weighted by Gasteiger charge is -2.32. The van der Waals surface area contributed by atoms with Crippen molar-refractivity contribution in [3.63, 3.8) is 0 Å². The first kappa shape index (κ1) is 24.8. The molecule has 1 aliphatic heterocycles. The fourth-order valence-corrected chi connectivity index (χ4v) is 4.05. The molecule has 0 aliphatic carbocycles. The fourth-order valence-electron chi connectivity index (χ4n) is 4.05. The van der Waals surface area contributed by atoms with E-state index in [-0.39, 0.29) is 11.8 Å². The molecule has 2 aromatic carbocycles. The number of hydrogen-bond acceptors (Lipinski definition) is 4. The van der Waals surface area contributed by atoms with E-state index in [1.165, 1.54) is 11.1 Å². The summed E-state index contributed by atoms with van der Waals surface area (Å²) in [5, 5.41) is 6.06. The topological polar surface area (TPSA) is 64.7 Å². The van der Waals surface area contributed by atoms with Crippen LogP contribution in [0.2, 0.25) is 0 Å². The lowest BCUT2D eigenvalue weighted by atomic mass is 9.95. The molecule has 0 bridgehead atoms. The Morgan fingerprint density at radius 2 is 1.73 bits per heavy atom. The summed E-state index contributed by atoms with van der Waals surface area (Å²) in [5.74, 6) is -0.182. The summed E-state index contributed by atoms with van der Waals surface area (Å²) >= 11 is 0. The second kappa shape index (κ2) is 10.8. The van der Waals surface area contributed by atoms with Gasteiger partial charge in [-0.1, -0.05) is 58.9 Å². The van der Waals surface area contributed by atoms with Gasteiger partial charge < -0.3 is 20.4 Å². The van der Waals surface area contributed by atoms with Gasteiger partial charge in [-0.05, 0) is 48.8 Å². The van der Waals surface area contributed by atoms with E-state index in [1.807, 2.05) is 39.0 Å². The molecule has 6 nitrogen and oxygen atoms in total. The Balaban J connectivity index is 1.85. The molecule has 0 saturated heterocycles. The minimum absolute atomic E-state index is 0.0740. The molecular weight excluding hydrogens is 412 g/mol. The molecule has 2 N–H and O–H groups in total. The third kappa shape index (κ3) is 6.35. The van der Waals surface area contributed by atoms with Gasteiger partial charge in [-0.25, -0.2) is 0 Å². The van der Waals surface area contributed by atoms with E-state index < -0.39 is 5.41 Å². The van der Waals surface area contributed by atoms with Crippen molar-refractivity contribution in [2.45, 2.75) is 47.6 Å². The number of likely N-dealkylation sites (N-methyl/N-ethyl adjacent to an activating group) is 1. The SMILES string of the molecule is CCN(CC)CCNC(=O)c1cc(NC(=O)C(C)(C)C)ccc1N1CCc2ccccc2C1. The van der Waals surface area contributed by atoms with Crippen molar-refractivity contribution in [3.05, 3.63) is 59.2 Å². The van der Waals surface area contributed by atoms with Crippen LogP contribution in [0.25, 0.3) is 0 Å². The van der Waals surface area contributed by atoms with Crippen LogP contribution in [0, 0.1) is 5.41 Å². The predicted octanol–water partition coefficient (Wildman–Crippen LogP) is 4.31. The first-order valence-electron chi connectivity index (χ1n) is 12.0. The van der Waals surface area contributed by atoms with Crippen molar-refractivity contribution < 1.29 is 9.59 Å². The fraction of sp³-hybridized carbons (Fsp3) is 0.481. The number of hydrogen-bond donors (Lipinski definition) is 2. The number of fused-ring (bicyclic) bond motifs is 1. The maximum atomic E-state index is 13.3. The molecular formula is C27H38N4O2. The van der Waals surface area contributed by atoms with Crippen LogP contribution in [0.15, 0.2) is 42.5 Å². The van der Waals surface area contributed by atoms with Crippen LogP contribution in [-0.4, -0.2) is 49.4 Å². The number of anilines is 2. The zero-order valence-corrected chi connectivity index (χ0v) is 20.7. The normalized spacial score (nSPS) is 13.6. The molecule has 0 atom stereocenters. The highest BCUT2D eigenvalue weighted by atomic mass is 16.2. The molecule has 2 aromatic rings. The smallest absolute Gasteiger partial charge is 0.253 e. The van der Waals surface area contributed by atoms with Gasteiger partial charge in [0.05, 0.1) is 5.56 Å². The van der Waals surface area contributed by atoms with Crippen molar-refractivity contribution >= 4 is 23.2 Å². The average Bonchev–Trinajstić information content (AvgIpc) is 2.80. The van der Waals surface area contributed by atoms with Gasteiger partial charge in [-0.15, -0.1) is 0 Å². The van der Waals surface area contributed by atoms with Gasteiger partial charge in [-0.2, -0.15) is 0 Å². The van der Waals surface area contributed by atoms with Crippen LogP contribution in [-0.2, 0) is 17.8 Å². The van der Waals surface area contributed by atoms with Gasteiger partial charge in [0.2, 0.25) is 5.91 Å². The van der Waals surface area contributed by atoms with Gasteiger partial charge >= 0.3 is 0 Å². The van der Waals surface area contributed by atoms with E-state index >= 15 is 0 Å². The Hall–Kier alpha value is -2.86. The highest BCUT2D eigenvalue weighted by molar-refractivity contribution is 6.02. The Morgan fingerprint density at radius 3 is 2.39 bits per heavy atom. The number of nitrogens with zero attached hydrogens (tertiary/aromatic N) is 2. The molecule has 33 heavy (non-hydrogen) atoms. The number of amides is 2. The molecule has 178 valence electrons. The molecule has 0 unspecified atom stereocenters. The molecule has 0 aromatic heterocycles. The van der Waals surface area contributed by atoms with E-state index in [4.69, 9.17) is 0 Å². The largest absolute Gasteiger partial charge is 0.366 e. The summed E-state index contributed by atoms with van der Waals surface area (Å²) in [6.07, 6.45) is 0.946. The summed E-state index contributed by atoms with van der Waals surface area (Å²) in [4.78, 5) is 30.3. The van der Waals surface area contributed by atoms with E-state index in [2.05, 4.69) is 58.5 Å². The minimum atomic E-state index is -0.512. The second-order valence-corrected chi connectivity index (χ2v) is 9.66. The third-order valence-electron chi connectivity index (χ3n) is 6.26. The van der Waals surface area contributed by atoms with Crippen LogP contribution < -0.4 is 15.5 Å². The van der Waals surface area contributed by atoms with Gasteiger partial charge in [0.25, 0.3) is 5.91 Å². The second-order valence-electron chi connectivity index (χ2n) is 9.66. The quantitative estimate of drug-likeness (QED) is 0.629. The maximum Gasteiger partial charge on any atom is 0.253 e. The highest BCUT2D eigenvalue weighted by Gasteiger charge is 2.24. The Labute approximate surface area is 198 Å². The molecule has 6 heteroatoms. The minimum Gasteiger partial charge on any atom is -0.366 e. The van der Waals surface area contributed by atoms with E-state index in [1.54, 1.807) is 0 Å². The van der Waals surface area contributed by atoms with Crippen molar-refractivity contribution in [2.75, 3.05) is 42.9 Å². The molecule has 0 radical (unpaired) electrons. The maximum absolute atomic E-state index is 13.3. The Kier molecular flexibility index (Phi) is 8.14. The molecule has 0 spiro atoms. The predicted molar refractivity (Wildman–Crippen MR) is 136 cm³/mol. The van der Waals surface area contributed by atoms with Gasteiger partial charge in [0, 0.05) is 43.0 Å². The number of nitrogens with one attached hydrogen (secondary N) is 2. The molecule has 0 saturated carbocycles. The van der Waals surface area contributed by atoms with E-state index in [9.17, 15) is 9.59 Å². The number of carbonyl (C=O) groups is 2. The van der Waals surface area contributed by atoms with Crippen molar-refractivity contribution in [3.8, 4) is 0 Å². The van der Waals surface area contributed by atoms with Gasteiger partial charge in [-0.3, -0.25) is 9.59 Å². The molecule has 3 rings (SSSR count). The first-order valence-corrected chi connectivity index (χ1v) is 12.0. The Bertz CT molecular complexity index is 976. The van der Waals surface area contributed by atoms with Gasteiger partial charge in [0.1, 0.15) is 0 Å². The van der Waals surface area contributed by atoms with Crippen LogP contribution in [0.5, 0.6) is 0 Å². The molecule has 1 aliphatic rings. The molecule has 0 fully saturated rings. The Morgan fingerprint density at radius 1 is 1.03 bits per heavy atom. The summed E-state index contributed by atoms with van der Waals surface area (Å²) in [6.45, 7) is 14.8. The van der Waals surface area contributed by atoms with Gasteiger partial charge in [0.15, 0.2) is 0 Å². The van der Waals surface area contributed by atoms with Crippen molar-refractivity contribution in [2.24, 2.45) is 5.41 Å². The average molecular weight is 451 g/mol. The summed E-state index contributed by atoms with van der Waals surface area (Å²) in [6, 6.07) is 14.1. The molecule has 2 amide bonds. The number of rotatable bonds is 8. The third-order valence-corrected chi connectivity index (χ3v) is 6.26. The van der Waals surface area contributed by atoms with Crippen LogP contribution >= 0.6 is 0 Å². The van der Waals surface area contributed by atoms with Crippen LogP contribution in [0.1, 0.15) is 56.1 Å². The number of carbonyl (C=O) groups excluding carboxylic acids is 2. The lowest BCUT2D eigenvalue weighted by molar-refractivity contribution is -0.123. The summed E-state index contributed by atoms with van der Waals surface area (Å²) in [5.41, 5.74) is 4.29. The zero-order valence-electron chi connectivity index (χ0n) is 20.7. The van der Waals surface area contributed by atoms with Crippen molar-refractivity contribution in [1.29, 1.82) is 0 Å². The first-order chi connectivity index (χ1) is 15.7. The monoisotopic (exact) mass is 450 g/mol. The van der Waals surface area contributed by atoms with E-state index in [0.717, 1.165) is 44.8 Å². The molecule has 1 heterocycles. The van der Waals surface area contributed by atoms with Crippen molar-refractivity contribution in [1.82, 2.24) is 10.2 Å². The standard InChI is InChI=1S/C27H38N4O2/c1-6-30(7-2)17-15-28-25(32)23-18-22(29-26(33)27(3,4)5)12-13-24(23)31-16-14-20-10-8-9-11-21(20)19-31/h8-13,18H,6-7,14-17,19H2,1-5H3,(H,28,32)(H,29,33). The van der Waals surface area contributed by atoms with E-state index in [0.29, 0.717) is 17.8 Å². The lowest BCUT2D eigenvalue weighted by Crippen LogP contribution is -2.36.